The summed E-state index contributed by atoms with van der Waals surface area (Å²) in [5, 5.41) is 7.76. The summed E-state index contributed by atoms with van der Waals surface area (Å²) in [6.45, 7) is 0.576. The predicted octanol–water partition coefficient (Wildman–Crippen LogP) is 2.50. The molecular formula is C19H16N6O. The summed E-state index contributed by atoms with van der Waals surface area (Å²) in [7, 11) is 0. The Kier molecular flexibility index (Phi) is 4.03. The van der Waals surface area contributed by atoms with E-state index in [4.69, 9.17) is 5.73 Å². The molecule has 0 aliphatic rings. The Hall–Kier alpha value is -3.74. The van der Waals surface area contributed by atoms with Gasteiger partial charge < -0.3 is 11.1 Å². The van der Waals surface area contributed by atoms with Crippen LogP contribution in [0.3, 0.4) is 0 Å². The molecule has 1 aromatic carbocycles. The molecule has 0 aliphatic carbocycles. The van der Waals surface area contributed by atoms with Gasteiger partial charge in [0, 0.05) is 23.5 Å². The highest BCUT2D eigenvalue weighted by Gasteiger charge is 2.12. The number of aromatic nitrogens is 4. The smallest absolute Gasteiger partial charge is 0.248 e. The Balaban J connectivity index is 1.69. The quantitative estimate of drug-likeness (QED) is 0.580. The van der Waals surface area contributed by atoms with Gasteiger partial charge in [-0.3, -0.25) is 9.78 Å². The number of nitrogens with two attached hydrogens (primary N) is 1. The van der Waals surface area contributed by atoms with Gasteiger partial charge in [0.2, 0.25) is 5.91 Å². The Labute approximate surface area is 149 Å². The van der Waals surface area contributed by atoms with Gasteiger partial charge in [-0.05, 0) is 35.9 Å². The van der Waals surface area contributed by atoms with Crippen molar-refractivity contribution >= 4 is 17.4 Å². The number of hydrogen-bond acceptors (Lipinski definition) is 5. The zero-order valence-electron chi connectivity index (χ0n) is 13.8. The van der Waals surface area contributed by atoms with Crippen LogP contribution < -0.4 is 11.1 Å². The van der Waals surface area contributed by atoms with E-state index in [0.29, 0.717) is 17.8 Å². The largest absolute Gasteiger partial charge is 0.366 e. The number of rotatable bonds is 5. The van der Waals surface area contributed by atoms with Crippen molar-refractivity contribution in [1.82, 2.24) is 19.6 Å². The Morgan fingerprint density at radius 3 is 2.81 bits per heavy atom. The Morgan fingerprint density at radius 2 is 2.00 bits per heavy atom. The summed E-state index contributed by atoms with van der Waals surface area (Å²) >= 11 is 0. The van der Waals surface area contributed by atoms with Gasteiger partial charge in [-0.1, -0.05) is 18.2 Å². The number of carbonyl (C=O) groups excluding carboxylic acids is 1. The number of pyridine rings is 1. The molecule has 0 saturated heterocycles. The van der Waals surface area contributed by atoms with E-state index in [1.165, 1.54) is 0 Å². The third kappa shape index (κ3) is 2.98. The molecule has 0 bridgehead atoms. The fourth-order valence-electron chi connectivity index (χ4n) is 2.75. The summed E-state index contributed by atoms with van der Waals surface area (Å²) in [5.41, 5.74) is 9.12. The molecule has 4 aromatic rings. The lowest BCUT2D eigenvalue weighted by Gasteiger charge is -2.08. The maximum absolute atomic E-state index is 11.4. The molecule has 4 rings (SSSR count). The Bertz CT molecular complexity index is 1070. The van der Waals surface area contributed by atoms with E-state index in [-0.39, 0.29) is 0 Å². The van der Waals surface area contributed by atoms with Crippen molar-refractivity contribution in [3.8, 4) is 11.1 Å². The number of amides is 1. The van der Waals surface area contributed by atoms with Gasteiger partial charge in [-0.2, -0.15) is 9.61 Å². The van der Waals surface area contributed by atoms with E-state index in [2.05, 4.69) is 20.4 Å². The van der Waals surface area contributed by atoms with Crippen LogP contribution in [0.5, 0.6) is 0 Å². The van der Waals surface area contributed by atoms with E-state index >= 15 is 0 Å². The number of carbonyl (C=O) groups is 1. The number of hydrogen-bond donors (Lipinski definition) is 2. The van der Waals surface area contributed by atoms with Crippen molar-refractivity contribution in [1.29, 1.82) is 0 Å². The molecule has 0 fully saturated rings. The topological polar surface area (TPSA) is 98.2 Å². The lowest BCUT2D eigenvalue weighted by molar-refractivity contribution is 0.100. The number of fused-ring (bicyclic) bond motifs is 1. The zero-order valence-corrected chi connectivity index (χ0v) is 13.8. The molecule has 1 amide bonds. The average molecular weight is 344 g/mol. The van der Waals surface area contributed by atoms with Crippen LogP contribution in [-0.4, -0.2) is 25.5 Å². The fourth-order valence-corrected chi connectivity index (χ4v) is 2.75. The zero-order chi connectivity index (χ0) is 17.9. The van der Waals surface area contributed by atoms with Crippen LogP contribution in [0, 0.1) is 0 Å². The maximum Gasteiger partial charge on any atom is 0.248 e. The summed E-state index contributed by atoms with van der Waals surface area (Å²) in [6.07, 6.45) is 5.21. The number of nitrogens with one attached hydrogen (secondary N) is 1. The van der Waals surface area contributed by atoms with E-state index < -0.39 is 5.91 Å². The summed E-state index contributed by atoms with van der Waals surface area (Å²) in [4.78, 5) is 20.2. The molecule has 0 aliphatic heterocycles. The SMILES string of the molecule is NC(=O)c1cccc(-c2cnn3c(NCc4ccccn4)ccnc23)c1. The predicted molar refractivity (Wildman–Crippen MR) is 98.5 cm³/mol. The van der Waals surface area contributed by atoms with Gasteiger partial charge in [-0.15, -0.1) is 0 Å². The van der Waals surface area contributed by atoms with Gasteiger partial charge in [0.05, 0.1) is 18.4 Å². The lowest BCUT2D eigenvalue weighted by atomic mass is 10.1. The molecule has 3 heterocycles. The molecule has 3 aromatic heterocycles. The standard InChI is InChI=1S/C19H16N6O/c20-18(26)14-5-3-4-13(10-14)16-12-24-25-17(7-9-22-19(16)25)23-11-15-6-1-2-8-21-15/h1-10,12,23H,11H2,(H2,20,26). The first-order chi connectivity index (χ1) is 12.7. The van der Waals surface area contributed by atoms with E-state index in [0.717, 1.165) is 22.6 Å². The van der Waals surface area contributed by atoms with Gasteiger partial charge in [-0.25, -0.2) is 4.98 Å². The van der Waals surface area contributed by atoms with E-state index in [1.807, 2.05) is 30.3 Å². The number of benzene rings is 1. The first-order valence-corrected chi connectivity index (χ1v) is 8.09. The monoisotopic (exact) mass is 344 g/mol. The summed E-state index contributed by atoms with van der Waals surface area (Å²) in [5.74, 6) is 0.340. The first kappa shape index (κ1) is 15.8. The van der Waals surface area contributed by atoms with Crippen LogP contribution in [0.15, 0.2) is 67.1 Å². The minimum absolute atomic E-state index is 0.450. The molecule has 0 radical (unpaired) electrons. The van der Waals surface area contributed by atoms with Crippen molar-refractivity contribution in [3.05, 3.63) is 78.4 Å². The number of anilines is 1. The van der Waals surface area contributed by atoms with Crippen LogP contribution in [0.4, 0.5) is 5.82 Å². The molecule has 0 unspecified atom stereocenters. The van der Waals surface area contributed by atoms with Gasteiger partial charge in [0.25, 0.3) is 0 Å². The molecule has 3 N–H and O–H groups in total. The molecule has 0 spiro atoms. The Morgan fingerprint density at radius 1 is 1.08 bits per heavy atom. The minimum Gasteiger partial charge on any atom is -0.366 e. The highest BCUT2D eigenvalue weighted by molar-refractivity contribution is 5.94. The highest BCUT2D eigenvalue weighted by atomic mass is 16.1. The normalized spacial score (nSPS) is 10.8. The number of nitrogens with zero attached hydrogens (tertiary/aromatic N) is 4. The highest BCUT2D eigenvalue weighted by Crippen LogP contribution is 2.25. The molecule has 7 nitrogen and oxygen atoms in total. The third-order valence-electron chi connectivity index (χ3n) is 4.04. The number of primary amides is 1. The molecule has 128 valence electrons. The first-order valence-electron chi connectivity index (χ1n) is 8.09. The van der Waals surface area contributed by atoms with E-state index in [1.54, 1.807) is 41.3 Å². The lowest BCUT2D eigenvalue weighted by Crippen LogP contribution is -2.10. The summed E-state index contributed by atoms with van der Waals surface area (Å²) < 4.78 is 1.73. The van der Waals surface area contributed by atoms with Gasteiger partial charge >= 0.3 is 0 Å². The van der Waals surface area contributed by atoms with Crippen LogP contribution in [0.1, 0.15) is 16.1 Å². The molecule has 0 atom stereocenters. The van der Waals surface area contributed by atoms with Crippen LogP contribution in [0.2, 0.25) is 0 Å². The summed E-state index contributed by atoms with van der Waals surface area (Å²) in [6, 6.07) is 14.8. The van der Waals surface area contributed by atoms with Crippen molar-refractivity contribution in [2.45, 2.75) is 6.54 Å². The molecule has 26 heavy (non-hydrogen) atoms. The van der Waals surface area contributed by atoms with Gasteiger partial charge in [0.1, 0.15) is 5.82 Å². The van der Waals surface area contributed by atoms with Crippen LogP contribution >= 0.6 is 0 Å². The van der Waals surface area contributed by atoms with Crippen molar-refractivity contribution in [2.24, 2.45) is 5.73 Å². The minimum atomic E-state index is -0.464. The van der Waals surface area contributed by atoms with Gasteiger partial charge in [0.15, 0.2) is 5.65 Å². The fraction of sp³-hybridized carbons (Fsp3) is 0.0526. The molecular weight excluding hydrogens is 328 g/mol. The third-order valence-corrected chi connectivity index (χ3v) is 4.04. The maximum atomic E-state index is 11.4. The second kappa shape index (κ2) is 6.64. The van der Waals surface area contributed by atoms with Crippen molar-refractivity contribution < 1.29 is 4.79 Å². The van der Waals surface area contributed by atoms with Crippen LogP contribution in [0.25, 0.3) is 16.8 Å². The average Bonchev–Trinajstić information content (AvgIpc) is 3.12. The van der Waals surface area contributed by atoms with Crippen molar-refractivity contribution in [3.63, 3.8) is 0 Å². The second-order valence-electron chi connectivity index (χ2n) is 5.74. The second-order valence-corrected chi connectivity index (χ2v) is 5.74. The molecule has 7 heteroatoms. The van der Waals surface area contributed by atoms with Crippen molar-refractivity contribution in [2.75, 3.05) is 5.32 Å². The molecule has 0 saturated carbocycles. The van der Waals surface area contributed by atoms with E-state index in [9.17, 15) is 4.79 Å². The van der Waals surface area contributed by atoms with Crippen LogP contribution in [-0.2, 0) is 6.54 Å².